The van der Waals surface area contributed by atoms with Crippen LogP contribution in [0.25, 0.3) is 0 Å². The van der Waals surface area contributed by atoms with E-state index in [4.69, 9.17) is 10.00 Å². The summed E-state index contributed by atoms with van der Waals surface area (Å²) in [6.07, 6.45) is 4.34. The topological polar surface area (TPSA) is 33.0 Å². The van der Waals surface area contributed by atoms with E-state index < -0.39 is 0 Å². The fourth-order valence-corrected chi connectivity index (χ4v) is 3.12. The van der Waals surface area contributed by atoms with Crippen LogP contribution in [-0.2, 0) is 11.2 Å². The third-order valence-corrected chi connectivity index (χ3v) is 4.42. The van der Waals surface area contributed by atoms with Crippen molar-refractivity contribution in [1.82, 2.24) is 0 Å². The first-order valence-corrected chi connectivity index (χ1v) is 7.21. The summed E-state index contributed by atoms with van der Waals surface area (Å²) >= 11 is 1.77. The minimum absolute atomic E-state index is 0.106. The Bertz CT molecular complexity index is 368. The first-order valence-electron chi connectivity index (χ1n) is 6.33. The molecule has 0 N–H and O–H groups in total. The quantitative estimate of drug-likeness (QED) is 0.816. The third kappa shape index (κ3) is 3.55. The highest BCUT2D eigenvalue weighted by atomic mass is 32.1. The van der Waals surface area contributed by atoms with Gasteiger partial charge >= 0.3 is 0 Å². The highest BCUT2D eigenvalue weighted by Gasteiger charge is 2.29. The van der Waals surface area contributed by atoms with Crippen molar-refractivity contribution < 1.29 is 4.74 Å². The Morgan fingerprint density at radius 1 is 1.53 bits per heavy atom. The summed E-state index contributed by atoms with van der Waals surface area (Å²) in [6, 6.07) is 6.60. The Balaban J connectivity index is 1.78. The van der Waals surface area contributed by atoms with Gasteiger partial charge in [-0.1, -0.05) is 13.0 Å². The first-order chi connectivity index (χ1) is 8.29. The molecule has 0 radical (unpaired) electrons. The molecular formula is C14H19NOS. The Morgan fingerprint density at radius 2 is 2.41 bits per heavy atom. The summed E-state index contributed by atoms with van der Waals surface area (Å²) in [5.41, 5.74) is 0. The van der Waals surface area contributed by atoms with E-state index in [-0.39, 0.29) is 12.0 Å². The van der Waals surface area contributed by atoms with Gasteiger partial charge in [-0.15, -0.1) is 11.3 Å². The zero-order valence-electron chi connectivity index (χ0n) is 10.3. The molecule has 92 valence electrons. The molecule has 3 atom stereocenters. The second-order valence-corrected chi connectivity index (χ2v) is 5.92. The van der Waals surface area contributed by atoms with Crippen LogP contribution in [0.2, 0.25) is 0 Å². The lowest BCUT2D eigenvalue weighted by Gasteiger charge is -2.30. The molecule has 0 aromatic carbocycles. The molecule has 0 bridgehead atoms. The number of nitriles is 1. The number of nitrogens with zero attached hydrogens (tertiary/aromatic N) is 1. The van der Waals surface area contributed by atoms with Crippen molar-refractivity contribution in [2.24, 2.45) is 11.8 Å². The molecule has 1 aromatic heterocycles. The predicted octanol–water partition coefficient (Wildman–Crippen LogP) is 3.64. The standard InChI is InChI=1S/C14H19NOS/c1-11-4-5-12(10-15)14(9-11)16-7-6-13-3-2-8-17-13/h2-3,8,11-12,14H,4-7,9H2,1H3. The largest absolute Gasteiger partial charge is 0.376 e. The van der Waals surface area contributed by atoms with Crippen LogP contribution in [0.1, 0.15) is 31.1 Å². The molecule has 2 rings (SSSR count). The average molecular weight is 249 g/mol. The van der Waals surface area contributed by atoms with E-state index in [1.807, 2.05) is 0 Å². The normalized spacial score (nSPS) is 28.8. The van der Waals surface area contributed by atoms with E-state index in [9.17, 15) is 0 Å². The molecule has 1 aromatic rings. The molecule has 1 aliphatic rings. The van der Waals surface area contributed by atoms with Gasteiger partial charge in [-0.3, -0.25) is 0 Å². The van der Waals surface area contributed by atoms with Crippen molar-refractivity contribution in [3.05, 3.63) is 22.4 Å². The monoisotopic (exact) mass is 249 g/mol. The second kappa shape index (κ2) is 6.18. The Hall–Kier alpha value is -0.850. The third-order valence-electron chi connectivity index (χ3n) is 3.48. The molecule has 1 saturated carbocycles. The van der Waals surface area contributed by atoms with Gasteiger partial charge in [0.05, 0.1) is 24.7 Å². The van der Waals surface area contributed by atoms with Crippen LogP contribution in [0.3, 0.4) is 0 Å². The minimum Gasteiger partial charge on any atom is -0.376 e. The summed E-state index contributed by atoms with van der Waals surface area (Å²) in [4.78, 5) is 1.36. The van der Waals surface area contributed by atoms with Crippen LogP contribution in [0.4, 0.5) is 0 Å². The van der Waals surface area contributed by atoms with Gasteiger partial charge in [0.1, 0.15) is 0 Å². The van der Waals surface area contributed by atoms with Crippen LogP contribution >= 0.6 is 11.3 Å². The zero-order chi connectivity index (χ0) is 12.1. The Labute approximate surface area is 107 Å². The number of thiophene rings is 1. The lowest BCUT2D eigenvalue weighted by Crippen LogP contribution is -2.30. The van der Waals surface area contributed by atoms with Crippen LogP contribution in [0.5, 0.6) is 0 Å². The number of ether oxygens (including phenoxy) is 1. The zero-order valence-corrected chi connectivity index (χ0v) is 11.1. The molecule has 0 saturated heterocycles. The Morgan fingerprint density at radius 3 is 3.12 bits per heavy atom. The van der Waals surface area contributed by atoms with Gasteiger partial charge in [0.25, 0.3) is 0 Å². The van der Waals surface area contributed by atoms with E-state index in [0.29, 0.717) is 5.92 Å². The van der Waals surface area contributed by atoms with E-state index in [1.54, 1.807) is 11.3 Å². The van der Waals surface area contributed by atoms with Crippen molar-refractivity contribution in [2.75, 3.05) is 6.61 Å². The molecule has 2 nitrogen and oxygen atoms in total. The molecule has 3 heteroatoms. The minimum atomic E-state index is 0.106. The fourth-order valence-electron chi connectivity index (χ4n) is 2.43. The SMILES string of the molecule is CC1CCC(C#N)C(OCCc2cccs2)C1. The second-order valence-electron chi connectivity index (χ2n) is 4.89. The number of hydrogen-bond acceptors (Lipinski definition) is 3. The maximum Gasteiger partial charge on any atom is 0.0735 e. The molecule has 0 spiro atoms. The lowest BCUT2D eigenvalue weighted by molar-refractivity contribution is -0.00528. The maximum absolute atomic E-state index is 9.10. The van der Waals surface area contributed by atoms with Gasteiger partial charge in [0.2, 0.25) is 0 Å². The average Bonchev–Trinajstić information content (AvgIpc) is 2.82. The van der Waals surface area contributed by atoms with Gasteiger partial charge in [-0.05, 0) is 36.6 Å². The summed E-state index contributed by atoms with van der Waals surface area (Å²) in [7, 11) is 0. The van der Waals surface area contributed by atoms with Gasteiger partial charge in [0.15, 0.2) is 0 Å². The molecule has 17 heavy (non-hydrogen) atoms. The van der Waals surface area contributed by atoms with Crippen LogP contribution in [0.15, 0.2) is 17.5 Å². The highest BCUT2D eigenvalue weighted by Crippen LogP contribution is 2.30. The molecular weight excluding hydrogens is 230 g/mol. The summed E-state index contributed by atoms with van der Waals surface area (Å²) in [6.45, 7) is 3.00. The number of hydrogen-bond donors (Lipinski definition) is 0. The molecule has 3 unspecified atom stereocenters. The highest BCUT2D eigenvalue weighted by molar-refractivity contribution is 7.09. The smallest absolute Gasteiger partial charge is 0.0735 e. The van der Waals surface area contributed by atoms with Crippen molar-refractivity contribution in [1.29, 1.82) is 5.26 Å². The lowest BCUT2D eigenvalue weighted by atomic mass is 9.81. The maximum atomic E-state index is 9.10. The molecule has 0 aliphatic heterocycles. The van der Waals surface area contributed by atoms with Crippen molar-refractivity contribution in [3.8, 4) is 6.07 Å². The molecule has 0 amide bonds. The van der Waals surface area contributed by atoms with Gasteiger partial charge in [-0.25, -0.2) is 0 Å². The summed E-state index contributed by atoms with van der Waals surface area (Å²) < 4.78 is 5.91. The summed E-state index contributed by atoms with van der Waals surface area (Å²) in [5, 5.41) is 11.2. The Kier molecular flexibility index (Phi) is 4.58. The molecule has 1 fully saturated rings. The van der Waals surface area contributed by atoms with E-state index in [0.717, 1.165) is 25.9 Å². The van der Waals surface area contributed by atoms with Gasteiger partial charge in [-0.2, -0.15) is 5.26 Å². The van der Waals surface area contributed by atoms with Gasteiger partial charge in [0, 0.05) is 11.3 Å². The van der Waals surface area contributed by atoms with Gasteiger partial charge < -0.3 is 4.74 Å². The van der Waals surface area contributed by atoms with Crippen LogP contribution in [0, 0.1) is 23.2 Å². The molecule has 1 heterocycles. The first kappa shape index (κ1) is 12.6. The van der Waals surface area contributed by atoms with E-state index >= 15 is 0 Å². The molecule has 1 aliphatic carbocycles. The predicted molar refractivity (Wildman–Crippen MR) is 69.9 cm³/mol. The van der Waals surface area contributed by atoms with Crippen LogP contribution in [-0.4, -0.2) is 12.7 Å². The van der Waals surface area contributed by atoms with Crippen molar-refractivity contribution in [3.63, 3.8) is 0 Å². The summed E-state index contributed by atoms with van der Waals surface area (Å²) in [5.74, 6) is 0.806. The fraction of sp³-hybridized carbons (Fsp3) is 0.643. The van der Waals surface area contributed by atoms with Crippen molar-refractivity contribution >= 4 is 11.3 Å². The van der Waals surface area contributed by atoms with Crippen LogP contribution < -0.4 is 0 Å². The van der Waals surface area contributed by atoms with E-state index in [1.165, 1.54) is 11.3 Å². The number of rotatable bonds is 4. The van der Waals surface area contributed by atoms with Crippen molar-refractivity contribution in [2.45, 2.75) is 38.7 Å². The van der Waals surface area contributed by atoms with E-state index in [2.05, 4.69) is 30.5 Å².